The topological polar surface area (TPSA) is 20.2 Å². The fraction of sp³-hybridized carbons (Fsp3) is 0.385. The van der Waals surface area contributed by atoms with Crippen molar-refractivity contribution in [3.05, 3.63) is 33.8 Å². The summed E-state index contributed by atoms with van der Waals surface area (Å²) >= 11 is 3.45. The van der Waals surface area contributed by atoms with Crippen molar-refractivity contribution in [2.75, 3.05) is 0 Å². The number of rotatable bonds is 4. The molecule has 0 aromatic heterocycles. The maximum absolute atomic E-state index is 9.87. The van der Waals surface area contributed by atoms with E-state index in [1.807, 2.05) is 25.1 Å². The van der Waals surface area contributed by atoms with Gasteiger partial charge in [0.15, 0.2) is 0 Å². The lowest BCUT2D eigenvalue weighted by Crippen LogP contribution is -1.97. The maximum atomic E-state index is 9.87. The first-order chi connectivity index (χ1) is 7.15. The number of aliphatic hydroxyl groups is 1. The van der Waals surface area contributed by atoms with Crippen molar-refractivity contribution in [2.45, 2.75) is 32.3 Å². The summed E-state index contributed by atoms with van der Waals surface area (Å²) in [7, 11) is 0. The van der Waals surface area contributed by atoms with Gasteiger partial charge >= 0.3 is 0 Å². The van der Waals surface area contributed by atoms with E-state index >= 15 is 0 Å². The molecule has 0 saturated heterocycles. The summed E-state index contributed by atoms with van der Waals surface area (Å²) in [5.74, 6) is 2.57. The number of terminal acetylenes is 1. The second-order valence-corrected chi connectivity index (χ2v) is 4.48. The Balaban J connectivity index is 2.62. The molecule has 0 heterocycles. The van der Waals surface area contributed by atoms with Crippen molar-refractivity contribution in [3.63, 3.8) is 0 Å². The van der Waals surface area contributed by atoms with E-state index < -0.39 is 6.10 Å². The molecule has 0 aliphatic carbocycles. The Morgan fingerprint density at radius 3 is 2.87 bits per heavy atom. The van der Waals surface area contributed by atoms with E-state index in [2.05, 4.69) is 21.9 Å². The standard InChI is InChI=1S/C13H15BrO/c1-3-4-5-6-13(15)11-8-7-10(2)12(14)9-11/h1,7-9,13,15H,4-6H2,2H3. The van der Waals surface area contributed by atoms with Crippen LogP contribution in [0.15, 0.2) is 22.7 Å². The molecule has 0 aliphatic rings. The lowest BCUT2D eigenvalue weighted by molar-refractivity contribution is 0.165. The van der Waals surface area contributed by atoms with Gasteiger partial charge in [-0.25, -0.2) is 0 Å². The van der Waals surface area contributed by atoms with Crippen LogP contribution in [-0.4, -0.2) is 5.11 Å². The Kier molecular flexibility index (Phi) is 4.87. The molecule has 0 saturated carbocycles. The highest BCUT2D eigenvalue weighted by Crippen LogP contribution is 2.24. The SMILES string of the molecule is C#CCCCC(O)c1ccc(C)c(Br)c1. The molecular formula is C13H15BrO. The summed E-state index contributed by atoms with van der Waals surface area (Å²) in [5.41, 5.74) is 2.12. The van der Waals surface area contributed by atoms with Crippen LogP contribution in [0, 0.1) is 19.3 Å². The van der Waals surface area contributed by atoms with Crippen LogP contribution in [0.5, 0.6) is 0 Å². The largest absolute Gasteiger partial charge is 0.388 e. The normalized spacial score (nSPS) is 12.1. The first-order valence-corrected chi connectivity index (χ1v) is 5.82. The van der Waals surface area contributed by atoms with Gasteiger partial charge in [-0.15, -0.1) is 12.3 Å². The zero-order chi connectivity index (χ0) is 11.3. The van der Waals surface area contributed by atoms with Crippen LogP contribution >= 0.6 is 15.9 Å². The molecule has 0 fully saturated rings. The van der Waals surface area contributed by atoms with Gasteiger partial charge in [0.1, 0.15) is 0 Å². The molecule has 1 N–H and O–H groups in total. The van der Waals surface area contributed by atoms with E-state index in [1.165, 1.54) is 5.56 Å². The molecule has 2 heteroatoms. The maximum Gasteiger partial charge on any atom is 0.0790 e. The van der Waals surface area contributed by atoms with Gasteiger partial charge in [0.2, 0.25) is 0 Å². The van der Waals surface area contributed by atoms with E-state index in [0.29, 0.717) is 0 Å². The van der Waals surface area contributed by atoms with Gasteiger partial charge in [-0.1, -0.05) is 28.1 Å². The molecule has 0 aliphatic heterocycles. The Morgan fingerprint density at radius 2 is 2.27 bits per heavy atom. The fourth-order valence-electron chi connectivity index (χ4n) is 1.38. The molecule has 1 rings (SSSR count). The molecule has 1 nitrogen and oxygen atoms in total. The quantitative estimate of drug-likeness (QED) is 0.652. The molecule has 0 radical (unpaired) electrons. The minimum Gasteiger partial charge on any atom is -0.388 e. The zero-order valence-corrected chi connectivity index (χ0v) is 10.4. The summed E-state index contributed by atoms with van der Waals surface area (Å²) in [6, 6.07) is 5.93. The predicted octanol–water partition coefficient (Wildman–Crippen LogP) is 3.59. The summed E-state index contributed by atoms with van der Waals surface area (Å²) in [6.45, 7) is 2.03. The summed E-state index contributed by atoms with van der Waals surface area (Å²) in [6.07, 6.45) is 7.06. The lowest BCUT2D eigenvalue weighted by atomic mass is 10.0. The molecule has 1 aromatic rings. The van der Waals surface area contributed by atoms with Gasteiger partial charge in [-0.2, -0.15) is 0 Å². The van der Waals surface area contributed by atoms with Crippen LogP contribution in [0.4, 0.5) is 0 Å². The highest BCUT2D eigenvalue weighted by Gasteiger charge is 2.07. The molecule has 0 amide bonds. The van der Waals surface area contributed by atoms with Gasteiger partial charge in [0.25, 0.3) is 0 Å². The third-order valence-corrected chi connectivity index (χ3v) is 3.23. The van der Waals surface area contributed by atoms with Crippen LogP contribution in [0.2, 0.25) is 0 Å². The van der Waals surface area contributed by atoms with E-state index in [0.717, 1.165) is 29.3 Å². The second-order valence-electron chi connectivity index (χ2n) is 3.62. The van der Waals surface area contributed by atoms with E-state index in [-0.39, 0.29) is 0 Å². The average molecular weight is 267 g/mol. The molecule has 80 valence electrons. The Hall–Kier alpha value is -0.780. The fourth-order valence-corrected chi connectivity index (χ4v) is 1.78. The van der Waals surface area contributed by atoms with Crippen LogP contribution in [0.1, 0.15) is 36.5 Å². The number of hydrogen-bond acceptors (Lipinski definition) is 1. The first kappa shape index (κ1) is 12.3. The molecule has 1 aromatic carbocycles. The summed E-state index contributed by atoms with van der Waals surface area (Å²) < 4.78 is 1.04. The molecule has 15 heavy (non-hydrogen) atoms. The summed E-state index contributed by atoms with van der Waals surface area (Å²) in [5, 5.41) is 9.87. The Morgan fingerprint density at radius 1 is 1.53 bits per heavy atom. The van der Waals surface area contributed by atoms with E-state index in [4.69, 9.17) is 6.42 Å². The van der Waals surface area contributed by atoms with Gasteiger partial charge < -0.3 is 5.11 Å². The van der Waals surface area contributed by atoms with E-state index in [9.17, 15) is 5.11 Å². The predicted molar refractivity (Wildman–Crippen MR) is 66.5 cm³/mol. The third kappa shape index (κ3) is 3.70. The summed E-state index contributed by atoms with van der Waals surface area (Å²) in [4.78, 5) is 0. The van der Waals surface area contributed by atoms with Crippen LogP contribution < -0.4 is 0 Å². The second kappa shape index (κ2) is 5.95. The molecule has 0 bridgehead atoms. The minimum atomic E-state index is -0.407. The van der Waals surface area contributed by atoms with Crippen LogP contribution in [-0.2, 0) is 0 Å². The third-order valence-electron chi connectivity index (χ3n) is 2.38. The molecule has 0 spiro atoms. The van der Waals surface area contributed by atoms with Crippen molar-refractivity contribution in [1.82, 2.24) is 0 Å². The number of aryl methyl sites for hydroxylation is 1. The van der Waals surface area contributed by atoms with Crippen molar-refractivity contribution in [1.29, 1.82) is 0 Å². The average Bonchev–Trinajstić information content (AvgIpc) is 2.22. The van der Waals surface area contributed by atoms with Crippen molar-refractivity contribution >= 4 is 15.9 Å². The van der Waals surface area contributed by atoms with Crippen LogP contribution in [0.3, 0.4) is 0 Å². The number of halogens is 1. The Bertz CT molecular complexity index is 365. The highest BCUT2D eigenvalue weighted by atomic mass is 79.9. The monoisotopic (exact) mass is 266 g/mol. The Labute approximate surface area is 99.6 Å². The molecular weight excluding hydrogens is 252 g/mol. The van der Waals surface area contributed by atoms with Gasteiger partial charge in [0.05, 0.1) is 6.10 Å². The minimum absolute atomic E-state index is 0.407. The van der Waals surface area contributed by atoms with Crippen LogP contribution in [0.25, 0.3) is 0 Å². The van der Waals surface area contributed by atoms with E-state index in [1.54, 1.807) is 0 Å². The molecule has 1 atom stereocenters. The molecule has 1 unspecified atom stereocenters. The van der Waals surface area contributed by atoms with Crippen molar-refractivity contribution < 1.29 is 5.11 Å². The number of unbranched alkanes of at least 4 members (excludes halogenated alkanes) is 1. The smallest absolute Gasteiger partial charge is 0.0790 e. The number of aliphatic hydroxyl groups excluding tert-OH is 1. The lowest BCUT2D eigenvalue weighted by Gasteiger charge is -2.11. The first-order valence-electron chi connectivity index (χ1n) is 5.02. The van der Waals surface area contributed by atoms with Gasteiger partial charge in [-0.3, -0.25) is 0 Å². The van der Waals surface area contributed by atoms with Gasteiger partial charge in [0, 0.05) is 10.9 Å². The van der Waals surface area contributed by atoms with Crippen molar-refractivity contribution in [3.8, 4) is 12.3 Å². The van der Waals surface area contributed by atoms with Crippen molar-refractivity contribution in [2.24, 2.45) is 0 Å². The van der Waals surface area contributed by atoms with Gasteiger partial charge in [-0.05, 0) is 37.0 Å². The number of hydrogen-bond donors (Lipinski definition) is 1. The highest BCUT2D eigenvalue weighted by molar-refractivity contribution is 9.10. The zero-order valence-electron chi connectivity index (χ0n) is 8.83. The number of benzene rings is 1.